The molecule has 17 heavy (non-hydrogen) atoms. The van der Waals surface area contributed by atoms with E-state index in [1.807, 2.05) is 18.1 Å². The highest BCUT2D eigenvalue weighted by Gasteiger charge is 2.30. The Kier molecular flexibility index (Phi) is 3.47. The summed E-state index contributed by atoms with van der Waals surface area (Å²) in [5, 5.41) is 7.43. The van der Waals surface area contributed by atoms with Gasteiger partial charge < -0.3 is 10.2 Å². The molecule has 5 heteroatoms. The van der Waals surface area contributed by atoms with Crippen LogP contribution < -0.4 is 10.2 Å². The van der Waals surface area contributed by atoms with Crippen LogP contribution in [0.15, 0.2) is 12.4 Å². The number of amides is 1. The van der Waals surface area contributed by atoms with Crippen molar-refractivity contribution in [2.75, 3.05) is 11.4 Å². The SMILES string of the molecule is CC(C)NC1CCCN(c2cnn(C)c2)C1=O. The lowest BCUT2D eigenvalue weighted by molar-refractivity contribution is -0.121. The van der Waals surface area contributed by atoms with E-state index in [0.717, 1.165) is 25.1 Å². The van der Waals surface area contributed by atoms with Crippen LogP contribution in [0.4, 0.5) is 5.69 Å². The number of piperidine rings is 1. The molecule has 5 nitrogen and oxygen atoms in total. The van der Waals surface area contributed by atoms with Gasteiger partial charge in [-0.25, -0.2) is 0 Å². The third kappa shape index (κ3) is 2.66. The number of anilines is 1. The van der Waals surface area contributed by atoms with Gasteiger partial charge in [0.05, 0.1) is 17.9 Å². The van der Waals surface area contributed by atoms with Crippen molar-refractivity contribution < 1.29 is 4.79 Å². The van der Waals surface area contributed by atoms with E-state index in [1.54, 1.807) is 10.9 Å². The van der Waals surface area contributed by atoms with Crippen LogP contribution in [0.1, 0.15) is 26.7 Å². The van der Waals surface area contributed by atoms with Crippen LogP contribution in [0, 0.1) is 0 Å². The second-order valence-corrected chi connectivity index (χ2v) is 4.88. The Bertz CT molecular complexity index is 399. The van der Waals surface area contributed by atoms with Crippen molar-refractivity contribution in [2.24, 2.45) is 7.05 Å². The van der Waals surface area contributed by atoms with Crippen molar-refractivity contribution in [3.05, 3.63) is 12.4 Å². The number of aromatic nitrogens is 2. The Labute approximate surface area is 102 Å². The van der Waals surface area contributed by atoms with Crippen LogP contribution in [-0.2, 0) is 11.8 Å². The topological polar surface area (TPSA) is 50.2 Å². The van der Waals surface area contributed by atoms with Crippen molar-refractivity contribution in [3.8, 4) is 0 Å². The summed E-state index contributed by atoms with van der Waals surface area (Å²) >= 11 is 0. The number of rotatable bonds is 3. The maximum atomic E-state index is 12.3. The standard InChI is InChI=1S/C12H20N4O/c1-9(2)14-11-5-4-6-16(12(11)17)10-7-13-15(3)8-10/h7-9,11,14H,4-6H2,1-3H3. The van der Waals surface area contributed by atoms with Gasteiger partial charge in [0.2, 0.25) is 5.91 Å². The average Bonchev–Trinajstić information content (AvgIpc) is 2.67. The third-order valence-corrected chi connectivity index (χ3v) is 2.98. The van der Waals surface area contributed by atoms with E-state index in [0.29, 0.717) is 6.04 Å². The first-order valence-electron chi connectivity index (χ1n) is 6.14. The zero-order chi connectivity index (χ0) is 12.4. The summed E-state index contributed by atoms with van der Waals surface area (Å²) in [4.78, 5) is 14.1. The number of nitrogens with zero attached hydrogens (tertiary/aromatic N) is 3. The molecular formula is C12H20N4O. The monoisotopic (exact) mass is 236 g/mol. The minimum atomic E-state index is -0.0519. The van der Waals surface area contributed by atoms with Gasteiger partial charge in [-0.15, -0.1) is 0 Å². The normalized spacial score (nSPS) is 21.3. The molecule has 1 aromatic rings. The largest absolute Gasteiger partial charge is 0.308 e. The van der Waals surface area contributed by atoms with Crippen molar-refractivity contribution in [3.63, 3.8) is 0 Å². The van der Waals surface area contributed by atoms with Gasteiger partial charge in [0.1, 0.15) is 0 Å². The van der Waals surface area contributed by atoms with Gasteiger partial charge in [0, 0.05) is 25.8 Å². The maximum absolute atomic E-state index is 12.3. The molecule has 1 atom stereocenters. The molecule has 2 heterocycles. The Morgan fingerprint density at radius 3 is 2.88 bits per heavy atom. The quantitative estimate of drug-likeness (QED) is 0.849. The van der Waals surface area contributed by atoms with Crippen LogP contribution >= 0.6 is 0 Å². The Hall–Kier alpha value is -1.36. The molecule has 2 rings (SSSR count). The highest BCUT2D eigenvalue weighted by atomic mass is 16.2. The van der Waals surface area contributed by atoms with Crippen LogP contribution in [0.2, 0.25) is 0 Å². The predicted octanol–water partition coefficient (Wildman–Crippen LogP) is 0.913. The zero-order valence-electron chi connectivity index (χ0n) is 10.7. The smallest absolute Gasteiger partial charge is 0.244 e. The van der Waals surface area contributed by atoms with Crippen LogP contribution in [0.5, 0.6) is 0 Å². The number of hydrogen-bond donors (Lipinski definition) is 1. The summed E-state index contributed by atoms with van der Waals surface area (Å²) in [7, 11) is 1.86. The Morgan fingerprint density at radius 1 is 1.53 bits per heavy atom. The molecular weight excluding hydrogens is 216 g/mol. The van der Waals surface area contributed by atoms with E-state index in [2.05, 4.69) is 24.3 Å². The summed E-state index contributed by atoms with van der Waals surface area (Å²) in [6.45, 7) is 4.92. The summed E-state index contributed by atoms with van der Waals surface area (Å²) < 4.78 is 1.72. The lowest BCUT2D eigenvalue weighted by Crippen LogP contribution is -2.52. The molecule has 0 radical (unpaired) electrons. The molecule has 1 unspecified atom stereocenters. The second-order valence-electron chi connectivity index (χ2n) is 4.88. The molecule has 0 spiro atoms. The molecule has 0 aliphatic carbocycles. The molecule has 0 bridgehead atoms. The Morgan fingerprint density at radius 2 is 2.29 bits per heavy atom. The molecule has 94 valence electrons. The molecule has 1 aliphatic rings. The molecule has 1 fully saturated rings. The highest BCUT2D eigenvalue weighted by Crippen LogP contribution is 2.20. The van der Waals surface area contributed by atoms with Gasteiger partial charge in [0.25, 0.3) is 0 Å². The first-order valence-corrected chi connectivity index (χ1v) is 6.14. The molecule has 1 aromatic heterocycles. The van der Waals surface area contributed by atoms with Gasteiger partial charge in [0.15, 0.2) is 0 Å². The molecule has 0 aromatic carbocycles. The molecule has 1 N–H and O–H groups in total. The zero-order valence-corrected chi connectivity index (χ0v) is 10.7. The lowest BCUT2D eigenvalue weighted by Gasteiger charge is -2.32. The number of nitrogens with one attached hydrogen (secondary N) is 1. The number of carbonyl (C=O) groups is 1. The first kappa shape index (κ1) is 12.1. The van der Waals surface area contributed by atoms with Crippen molar-refractivity contribution in [2.45, 2.75) is 38.8 Å². The van der Waals surface area contributed by atoms with Gasteiger partial charge in [-0.2, -0.15) is 5.10 Å². The van der Waals surface area contributed by atoms with Gasteiger partial charge in [-0.1, -0.05) is 13.8 Å². The first-order chi connectivity index (χ1) is 8.08. The summed E-state index contributed by atoms with van der Waals surface area (Å²) in [5.74, 6) is 0.165. The fourth-order valence-corrected chi connectivity index (χ4v) is 2.24. The summed E-state index contributed by atoms with van der Waals surface area (Å²) in [6, 6.07) is 0.279. The van der Waals surface area contributed by atoms with Crippen molar-refractivity contribution in [1.82, 2.24) is 15.1 Å². The third-order valence-electron chi connectivity index (χ3n) is 2.98. The van der Waals surface area contributed by atoms with Crippen LogP contribution in [-0.4, -0.2) is 34.3 Å². The fraction of sp³-hybridized carbons (Fsp3) is 0.667. The fourth-order valence-electron chi connectivity index (χ4n) is 2.24. The highest BCUT2D eigenvalue weighted by molar-refractivity contribution is 5.97. The minimum absolute atomic E-state index is 0.0519. The van der Waals surface area contributed by atoms with E-state index in [9.17, 15) is 4.79 Å². The van der Waals surface area contributed by atoms with E-state index in [-0.39, 0.29) is 11.9 Å². The molecule has 1 saturated heterocycles. The van der Waals surface area contributed by atoms with Crippen LogP contribution in [0.25, 0.3) is 0 Å². The summed E-state index contributed by atoms with van der Waals surface area (Å²) in [5.41, 5.74) is 0.896. The van der Waals surface area contributed by atoms with Crippen LogP contribution in [0.3, 0.4) is 0 Å². The van der Waals surface area contributed by atoms with E-state index in [4.69, 9.17) is 0 Å². The van der Waals surface area contributed by atoms with Gasteiger partial charge in [-0.05, 0) is 12.8 Å². The molecule has 1 aliphatic heterocycles. The second kappa shape index (κ2) is 4.87. The minimum Gasteiger partial charge on any atom is -0.308 e. The number of carbonyl (C=O) groups excluding carboxylic acids is 1. The maximum Gasteiger partial charge on any atom is 0.244 e. The van der Waals surface area contributed by atoms with E-state index in [1.165, 1.54) is 0 Å². The van der Waals surface area contributed by atoms with Gasteiger partial charge in [-0.3, -0.25) is 9.48 Å². The predicted molar refractivity (Wildman–Crippen MR) is 66.9 cm³/mol. The lowest BCUT2D eigenvalue weighted by atomic mass is 10.0. The van der Waals surface area contributed by atoms with Gasteiger partial charge >= 0.3 is 0 Å². The van der Waals surface area contributed by atoms with Crippen molar-refractivity contribution >= 4 is 11.6 Å². The number of aryl methyl sites for hydroxylation is 1. The summed E-state index contributed by atoms with van der Waals surface area (Å²) in [6.07, 6.45) is 5.59. The van der Waals surface area contributed by atoms with E-state index >= 15 is 0 Å². The Balaban J connectivity index is 2.11. The molecule has 1 amide bonds. The average molecular weight is 236 g/mol. The molecule has 0 saturated carbocycles. The van der Waals surface area contributed by atoms with Crippen molar-refractivity contribution in [1.29, 1.82) is 0 Å². The number of hydrogen-bond acceptors (Lipinski definition) is 3. The van der Waals surface area contributed by atoms with E-state index < -0.39 is 0 Å².